The Morgan fingerprint density at radius 3 is 2.79 bits per heavy atom. The van der Waals surface area contributed by atoms with Crippen LogP contribution in [0.25, 0.3) is 10.6 Å². The van der Waals surface area contributed by atoms with E-state index >= 15 is 0 Å². The summed E-state index contributed by atoms with van der Waals surface area (Å²) >= 11 is 1.44. The summed E-state index contributed by atoms with van der Waals surface area (Å²) in [4.78, 5) is 40.1. The van der Waals surface area contributed by atoms with Gasteiger partial charge in [-0.05, 0) is 17.7 Å². The Kier molecular flexibility index (Phi) is 5.93. The molecule has 29 heavy (non-hydrogen) atoms. The van der Waals surface area contributed by atoms with Gasteiger partial charge < -0.3 is 25.4 Å². The molecule has 150 valence electrons. The van der Waals surface area contributed by atoms with Gasteiger partial charge in [0.1, 0.15) is 10.8 Å². The average Bonchev–Trinajstić information content (AvgIpc) is 3.22. The first kappa shape index (κ1) is 20.1. The van der Waals surface area contributed by atoms with Crippen LogP contribution in [0.15, 0.2) is 52.9 Å². The Bertz CT molecular complexity index is 1090. The minimum absolute atomic E-state index is 0.293. The van der Waals surface area contributed by atoms with E-state index in [1.165, 1.54) is 35.2 Å². The van der Waals surface area contributed by atoms with Crippen LogP contribution >= 0.6 is 11.3 Å². The lowest BCUT2D eigenvalue weighted by atomic mass is 10.0. The maximum atomic E-state index is 12.4. The Morgan fingerprint density at radius 1 is 1.31 bits per heavy atom. The fourth-order valence-electron chi connectivity index (χ4n) is 2.73. The minimum Gasteiger partial charge on any atom is -0.505 e. The lowest BCUT2D eigenvalue weighted by Gasteiger charge is -2.19. The average molecular weight is 414 g/mol. The molecule has 3 rings (SSSR count). The van der Waals surface area contributed by atoms with Crippen molar-refractivity contribution in [2.45, 2.75) is 12.5 Å². The normalized spacial score (nSPS) is 11.6. The Balaban J connectivity index is 1.84. The van der Waals surface area contributed by atoms with Gasteiger partial charge in [0.05, 0.1) is 12.5 Å². The van der Waals surface area contributed by atoms with Gasteiger partial charge in [0.2, 0.25) is 0 Å². The van der Waals surface area contributed by atoms with E-state index in [0.717, 1.165) is 10.6 Å². The van der Waals surface area contributed by atoms with Crippen LogP contribution in [0.4, 0.5) is 10.5 Å². The lowest BCUT2D eigenvalue weighted by Crippen LogP contribution is -2.35. The molecule has 2 aromatic heterocycles. The van der Waals surface area contributed by atoms with Gasteiger partial charge in [-0.3, -0.25) is 9.59 Å². The van der Waals surface area contributed by atoms with Crippen LogP contribution in [0.3, 0.4) is 0 Å². The molecule has 3 aromatic rings. The molecule has 0 fully saturated rings. The number of aryl methyl sites for hydroxylation is 1. The third kappa shape index (κ3) is 4.79. The topological polar surface area (TPSA) is 134 Å². The summed E-state index contributed by atoms with van der Waals surface area (Å²) in [6.07, 6.45) is 2.66. The molecule has 2 amide bonds. The van der Waals surface area contributed by atoms with E-state index in [4.69, 9.17) is 0 Å². The van der Waals surface area contributed by atoms with Crippen LogP contribution in [0, 0.1) is 0 Å². The fraction of sp³-hybridized carbons (Fsp3) is 0.158. The lowest BCUT2D eigenvalue weighted by molar-refractivity contribution is -0.137. The quantitative estimate of drug-likeness (QED) is 0.490. The number of aromatic hydroxyl groups is 1. The van der Waals surface area contributed by atoms with Gasteiger partial charge in [-0.15, -0.1) is 11.3 Å². The first-order valence-corrected chi connectivity index (χ1v) is 9.41. The summed E-state index contributed by atoms with van der Waals surface area (Å²) in [5.74, 6) is -1.49. The van der Waals surface area contributed by atoms with Crippen molar-refractivity contribution in [2.24, 2.45) is 7.05 Å². The molecule has 0 aliphatic heterocycles. The Labute approximate surface area is 169 Å². The summed E-state index contributed by atoms with van der Waals surface area (Å²) in [6, 6.07) is 6.64. The molecule has 1 atom stereocenters. The number of aliphatic carboxylic acids is 1. The standard InChI is InChI=1S/C19H18N4O5S/c1-23-7-5-14(24)16(18(23)27)22-19(28)21-13(10-15(25)26)11-3-2-4-12(9-11)17-20-6-8-29-17/h2-9,13,24H,10H2,1H3,(H,25,26)(H2,21,22,28)/t13-/m0/s1. The highest BCUT2D eigenvalue weighted by Gasteiger charge is 2.20. The van der Waals surface area contributed by atoms with E-state index in [2.05, 4.69) is 15.6 Å². The number of nitrogens with zero attached hydrogens (tertiary/aromatic N) is 2. The molecule has 0 radical (unpaired) electrons. The minimum atomic E-state index is -1.10. The molecule has 9 nitrogen and oxygen atoms in total. The molecule has 0 unspecified atom stereocenters. The smallest absolute Gasteiger partial charge is 0.319 e. The van der Waals surface area contributed by atoms with Gasteiger partial charge in [-0.1, -0.05) is 18.2 Å². The van der Waals surface area contributed by atoms with Crippen molar-refractivity contribution in [3.05, 3.63) is 64.0 Å². The van der Waals surface area contributed by atoms with Crippen molar-refractivity contribution in [1.29, 1.82) is 0 Å². The molecular weight excluding hydrogens is 396 g/mol. The highest BCUT2D eigenvalue weighted by Crippen LogP contribution is 2.26. The molecular formula is C19H18N4O5S. The van der Waals surface area contributed by atoms with Crippen molar-refractivity contribution in [2.75, 3.05) is 5.32 Å². The van der Waals surface area contributed by atoms with E-state index < -0.39 is 23.6 Å². The number of thiazole rings is 1. The number of nitrogens with one attached hydrogen (secondary N) is 2. The van der Waals surface area contributed by atoms with Gasteiger partial charge in [0, 0.05) is 30.4 Å². The number of carbonyl (C=O) groups excluding carboxylic acids is 1. The summed E-state index contributed by atoms with van der Waals surface area (Å²) in [5, 5.41) is 26.5. The van der Waals surface area contributed by atoms with Crippen LogP contribution in [0.5, 0.6) is 5.75 Å². The Hall–Kier alpha value is -3.66. The van der Waals surface area contributed by atoms with Gasteiger partial charge in [0.25, 0.3) is 5.56 Å². The highest BCUT2D eigenvalue weighted by atomic mass is 32.1. The first-order chi connectivity index (χ1) is 13.8. The van der Waals surface area contributed by atoms with Crippen molar-refractivity contribution in [3.63, 3.8) is 0 Å². The molecule has 10 heteroatoms. The zero-order valence-electron chi connectivity index (χ0n) is 15.3. The Morgan fingerprint density at radius 2 is 2.10 bits per heavy atom. The van der Waals surface area contributed by atoms with Crippen LogP contribution in [0.2, 0.25) is 0 Å². The second-order valence-corrected chi connectivity index (χ2v) is 7.10. The molecule has 0 saturated carbocycles. The number of carboxylic acid groups (broad SMARTS) is 1. The number of carbonyl (C=O) groups is 2. The van der Waals surface area contributed by atoms with E-state index in [1.54, 1.807) is 24.4 Å². The molecule has 4 N–H and O–H groups in total. The molecule has 0 saturated heterocycles. The third-order valence-corrected chi connectivity index (χ3v) is 4.96. The van der Waals surface area contributed by atoms with Crippen molar-refractivity contribution >= 4 is 29.0 Å². The highest BCUT2D eigenvalue weighted by molar-refractivity contribution is 7.13. The number of anilines is 1. The number of amides is 2. The molecule has 1 aromatic carbocycles. The molecule has 2 heterocycles. The predicted octanol–water partition coefficient (Wildman–Crippen LogP) is 2.55. The summed E-state index contributed by atoms with van der Waals surface area (Å²) in [7, 11) is 1.47. The number of hydrogen-bond donors (Lipinski definition) is 4. The molecule has 0 aliphatic rings. The number of carboxylic acids is 1. The van der Waals surface area contributed by atoms with Gasteiger partial charge >= 0.3 is 12.0 Å². The maximum Gasteiger partial charge on any atom is 0.319 e. The summed E-state index contributed by atoms with van der Waals surface area (Å²) < 4.78 is 1.20. The SMILES string of the molecule is Cn1ccc(O)c(NC(=O)N[C@@H](CC(=O)O)c2cccc(-c3nccs3)c2)c1=O. The summed E-state index contributed by atoms with van der Waals surface area (Å²) in [5.41, 5.74) is 0.476. The van der Waals surface area contributed by atoms with Gasteiger partial charge in [-0.2, -0.15) is 0 Å². The third-order valence-electron chi connectivity index (χ3n) is 4.14. The number of benzene rings is 1. The number of pyridine rings is 1. The van der Waals surface area contributed by atoms with Crippen LogP contribution in [-0.4, -0.2) is 31.8 Å². The van der Waals surface area contributed by atoms with E-state index in [1.807, 2.05) is 11.4 Å². The van der Waals surface area contributed by atoms with Crippen molar-refractivity contribution in [3.8, 4) is 16.3 Å². The van der Waals surface area contributed by atoms with Crippen molar-refractivity contribution in [1.82, 2.24) is 14.9 Å². The number of aromatic nitrogens is 2. The predicted molar refractivity (Wildman–Crippen MR) is 108 cm³/mol. The van der Waals surface area contributed by atoms with Gasteiger partial charge in [0.15, 0.2) is 5.69 Å². The maximum absolute atomic E-state index is 12.4. The zero-order chi connectivity index (χ0) is 21.0. The van der Waals surface area contributed by atoms with Gasteiger partial charge in [-0.25, -0.2) is 9.78 Å². The summed E-state index contributed by atoms with van der Waals surface area (Å²) in [6.45, 7) is 0. The number of rotatable bonds is 6. The second kappa shape index (κ2) is 8.57. The number of hydrogen-bond acceptors (Lipinski definition) is 6. The van der Waals surface area contributed by atoms with E-state index in [0.29, 0.717) is 5.56 Å². The van der Waals surface area contributed by atoms with Crippen molar-refractivity contribution < 1.29 is 19.8 Å². The van der Waals surface area contributed by atoms with Crippen LogP contribution < -0.4 is 16.2 Å². The second-order valence-electron chi connectivity index (χ2n) is 6.20. The first-order valence-electron chi connectivity index (χ1n) is 8.53. The fourth-order valence-corrected chi connectivity index (χ4v) is 3.36. The molecule has 0 spiro atoms. The zero-order valence-corrected chi connectivity index (χ0v) is 16.1. The monoisotopic (exact) mass is 414 g/mol. The largest absolute Gasteiger partial charge is 0.505 e. The van der Waals surface area contributed by atoms with Crippen LogP contribution in [0.1, 0.15) is 18.0 Å². The van der Waals surface area contributed by atoms with E-state index in [9.17, 15) is 24.6 Å². The van der Waals surface area contributed by atoms with E-state index in [-0.39, 0.29) is 17.9 Å². The molecule has 0 aliphatic carbocycles. The van der Waals surface area contributed by atoms with Crippen LogP contribution in [-0.2, 0) is 11.8 Å². The molecule has 0 bridgehead atoms. The number of urea groups is 1.